The quantitative estimate of drug-likeness (QED) is 0.758. The van der Waals surface area contributed by atoms with E-state index in [0.29, 0.717) is 17.6 Å². The first-order valence-corrected chi connectivity index (χ1v) is 7.91. The molecule has 1 aromatic carbocycles. The number of amides is 1. The van der Waals surface area contributed by atoms with Crippen LogP contribution in [0.3, 0.4) is 0 Å². The number of nitrogens with one attached hydrogen (secondary N) is 2. The smallest absolute Gasteiger partial charge is 0.270 e. The second kappa shape index (κ2) is 6.16. The first kappa shape index (κ1) is 14.4. The molecule has 1 aliphatic rings. The van der Waals surface area contributed by atoms with E-state index in [9.17, 15) is 4.79 Å². The van der Waals surface area contributed by atoms with Crippen molar-refractivity contribution in [1.82, 2.24) is 19.9 Å². The summed E-state index contributed by atoms with van der Waals surface area (Å²) in [7, 11) is 0. The molecule has 0 saturated heterocycles. The van der Waals surface area contributed by atoms with E-state index < -0.39 is 0 Å². The van der Waals surface area contributed by atoms with Crippen molar-refractivity contribution in [2.75, 3.05) is 5.32 Å². The summed E-state index contributed by atoms with van der Waals surface area (Å²) in [6.45, 7) is 0. The van der Waals surface area contributed by atoms with Crippen LogP contribution in [0.1, 0.15) is 23.3 Å². The molecular formula is C18H17N5O. The van der Waals surface area contributed by atoms with Crippen molar-refractivity contribution in [3.63, 3.8) is 0 Å². The molecule has 120 valence electrons. The molecule has 2 N–H and O–H groups in total. The summed E-state index contributed by atoms with van der Waals surface area (Å²) >= 11 is 0. The molecule has 0 radical (unpaired) electrons. The van der Waals surface area contributed by atoms with Gasteiger partial charge in [0.25, 0.3) is 5.91 Å². The minimum absolute atomic E-state index is 0.114. The third-order valence-corrected chi connectivity index (χ3v) is 3.84. The lowest BCUT2D eigenvalue weighted by atomic mass is 10.2. The van der Waals surface area contributed by atoms with Crippen molar-refractivity contribution in [3.8, 4) is 5.69 Å². The standard InChI is InChI=1S/C18H17N5O/c24-18(21-14-4-5-14)16-2-1-3-17(22-16)20-13-6-8-15(9-7-13)23-11-10-19-12-23/h1-3,6-12,14H,4-5H2,(H,20,22)(H,21,24). The Labute approximate surface area is 139 Å². The van der Waals surface area contributed by atoms with Gasteiger partial charge in [-0.25, -0.2) is 9.97 Å². The number of carbonyl (C=O) groups is 1. The summed E-state index contributed by atoms with van der Waals surface area (Å²) in [5, 5.41) is 6.17. The molecule has 4 rings (SSSR count). The fourth-order valence-corrected chi connectivity index (χ4v) is 2.39. The summed E-state index contributed by atoms with van der Waals surface area (Å²) < 4.78 is 1.94. The number of nitrogens with zero attached hydrogens (tertiary/aromatic N) is 3. The number of benzene rings is 1. The number of imidazole rings is 1. The highest BCUT2D eigenvalue weighted by Crippen LogP contribution is 2.20. The monoisotopic (exact) mass is 319 g/mol. The van der Waals surface area contributed by atoms with Crippen molar-refractivity contribution in [2.24, 2.45) is 0 Å². The van der Waals surface area contributed by atoms with E-state index in [1.807, 2.05) is 47.2 Å². The largest absolute Gasteiger partial charge is 0.348 e. The molecule has 24 heavy (non-hydrogen) atoms. The van der Waals surface area contributed by atoms with Crippen LogP contribution in [0, 0.1) is 0 Å². The van der Waals surface area contributed by atoms with Crippen LogP contribution in [0.2, 0.25) is 0 Å². The first-order valence-electron chi connectivity index (χ1n) is 7.91. The van der Waals surface area contributed by atoms with Gasteiger partial charge in [-0.2, -0.15) is 0 Å². The van der Waals surface area contributed by atoms with Gasteiger partial charge in [0.15, 0.2) is 0 Å². The Morgan fingerprint density at radius 3 is 2.67 bits per heavy atom. The van der Waals surface area contributed by atoms with E-state index in [1.54, 1.807) is 18.6 Å². The van der Waals surface area contributed by atoms with Crippen molar-refractivity contribution in [1.29, 1.82) is 0 Å². The van der Waals surface area contributed by atoms with Gasteiger partial charge in [-0.05, 0) is 49.2 Å². The highest BCUT2D eigenvalue weighted by atomic mass is 16.2. The fraction of sp³-hybridized carbons (Fsp3) is 0.167. The van der Waals surface area contributed by atoms with Crippen LogP contribution in [0.4, 0.5) is 11.5 Å². The van der Waals surface area contributed by atoms with E-state index in [1.165, 1.54) is 0 Å². The number of rotatable bonds is 5. The minimum Gasteiger partial charge on any atom is -0.348 e. The Hall–Kier alpha value is -3.15. The zero-order valence-electron chi connectivity index (χ0n) is 13.0. The maximum atomic E-state index is 12.1. The molecule has 0 unspecified atom stereocenters. The van der Waals surface area contributed by atoms with Crippen molar-refractivity contribution >= 4 is 17.4 Å². The molecule has 0 bridgehead atoms. The molecule has 6 nitrogen and oxygen atoms in total. The second-order valence-corrected chi connectivity index (χ2v) is 5.80. The van der Waals surface area contributed by atoms with Crippen LogP contribution < -0.4 is 10.6 Å². The van der Waals surface area contributed by atoms with Gasteiger partial charge in [0.1, 0.15) is 11.5 Å². The Balaban J connectivity index is 1.47. The Kier molecular flexibility index (Phi) is 3.70. The van der Waals surface area contributed by atoms with Gasteiger partial charge in [0.05, 0.1) is 6.33 Å². The summed E-state index contributed by atoms with van der Waals surface area (Å²) in [5.41, 5.74) is 2.37. The van der Waals surface area contributed by atoms with Gasteiger partial charge in [0, 0.05) is 29.8 Å². The molecular weight excluding hydrogens is 302 g/mol. The minimum atomic E-state index is -0.114. The zero-order valence-corrected chi connectivity index (χ0v) is 13.0. The summed E-state index contributed by atoms with van der Waals surface area (Å²) in [5.74, 6) is 0.533. The van der Waals surface area contributed by atoms with Gasteiger partial charge in [-0.15, -0.1) is 0 Å². The van der Waals surface area contributed by atoms with E-state index in [2.05, 4.69) is 20.6 Å². The number of hydrogen-bond acceptors (Lipinski definition) is 4. The second-order valence-electron chi connectivity index (χ2n) is 5.80. The van der Waals surface area contributed by atoms with Crippen LogP contribution in [0.15, 0.2) is 61.2 Å². The SMILES string of the molecule is O=C(NC1CC1)c1cccc(Nc2ccc(-n3ccnc3)cc2)n1. The third-order valence-electron chi connectivity index (χ3n) is 3.84. The average Bonchev–Trinajstić information content (AvgIpc) is 3.25. The van der Waals surface area contributed by atoms with E-state index in [0.717, 1.165) is 24.2 Å². The highest BCUT2D eigenvalue weighted by Gasteiger charge is 2.24. The molecule has 1 fully saturated rings. The Bertz CT molecular complexity index is 838. The molecule has 2 aromatic heterocycles. The van der Waals surface area contributed by atoms with Gasteiger partial charge < -0.3 is 15.2 Å². The van der Waals surface area contributed by atoms with Crippen LogP contribution in [0.5, 0.6) is 0 Å². The molecule has 0 aliphatic heterocycles. The van der Waals surface area contributed by atoms with Crippen LogP contribution in [0.25, 0.3) is 5.69 Å². The zero-order chi connectivity index (χ0) is 16.4. The summed E-state index contributed by atoms with van der Waals surface area (Å²) in [4.78, 5) is 20.5. The predicted molar refractivity (Wildman–Crippen MR) is 91.6 cm³/mol. The van der Waals surface area contributed by atoms with E-state index >= 15 is 0 Å². The average molecular weight is 319 g/mol. The Morgan fingerprint density at radius 1 is 1.12 bits per heavy atom. The molecule has 3 aromatic rings. The van der Waals surface area contributed by atoms with Crippen LogP contribution in [-0.4, -0.2) is 26.5 Å². The Morgan fingerprint density at radius 2 is 1.96 bits per heavy atom. The molecule has 0 spiro atoms. The molecule has 1 amide bonds. The molecule has 6 heteroatoms. The predicted octanol–water partition coefficient (Wildman–Crippen LogP) is 2.90. The van der Waals surface area contributed by atoms with E-state index in [-0.39, 0.29) is 5.91 Å². The number of anilines is 2. The van der Waals surface area contributed by atoms with Gasteiger partial charge >= 0.3 is 0 Å². The molecule has 1 saturated carbocycles. The van der Waals surface area contributed by atoms with Crippen LogP contribution >= 0.6 is 0 Å². The topological polar surface area (TPSA) is 71.8 Å². The van der Waals surface area contributed by atoms with Gasteiger partial charge in [-0.1, -0.05) is 6.07 Å². The molecule has 1 aliphatic carbocycles. The number of aromatic nitrogens is 3. The third kappa shape index (κ3) is 3.27. The lowest BCUT2D eigenvalue weighted by Crippen LogP contribution is -2.26. The van der Waals surface area contributed by atoms with E-state index in [4.69, 9.17) is 0 Å². The number of pyridine rings is 1. The normalized spacial score (nSPS) is 13.5. The van der Waals surface area contributed by atoms with Crippen LogP contribution in [-0.2, 0) is 0 Å². The summed E-state index contributed by atoms with van der Waals surface area (Å²) in [6.07, 6.45) is 7.52. The molecule has 2 heterocycles. The van der Waals surface area contributed by atoms with Crippen molar-refractivity contribution < 1.29 is 4.79 Å². The first-order chi connectivity index (χ1) is 11.8. The number of carbonyl (C=O) groups excluding carboxylic acids is 1. The fourth-order valence-electron chi connectivity index (χ4n) is 2.39. The van der Waals surface area contributed by atoms with Crippen molar-refractivity contribution in [2.45, 2.75) is 18.9 Å². The van der Waals surface area contributed by atoms with Crippen molar-refractivity contribution in [3.05, 3.63) is 66.9 Å². The maximum absolute atomic E-state index is 12.1. The molecule has 0 atom stereocenters. The van der Waals surface area contributed by atoms with Gasteiger partial charge in [-0.3, -0.25) is 4.79 Å². The highest BCUT2D eigenvalue weighted by molar-refractivity contribution is 5.93. The lowest BCUT2D eigenvalue weighted by Gasteiger charge is -2.09. The maximum Gasteiger partial charge on any atom is 0.270 e. The van der Waals surface area contributed by atoms with Gasteiger partial charge in [0.2, 0.25) is 0 Å². The lowest BCUT2D eigenvalue weighted by molar-refractivity contribution is 0.0946. The summed E-state index contributed by atoms with van der Waals surface area (Å²) in [6, 6.07) is 13.6. The number of hydrogen-bond donors (Lipinski definition) is 2.